The van der Waals surface area contributed by atoms with Crippen LogP contribution in [0.5, 0.6) is 0 Å². The molecule has 2 aliphatic heterocycles. The number of benzene rings is 1. The molecule has 8 nitrogen and oxygen atoms in total. The summed E-state index contributed by atoms with van der Waals surface area (Å²) in [4.78, 5) is 40.7. The molecule has 3 amide bonds. The number of nitrogens with one attached hydrogen (secondary N) is 1. The number of halogens is 1. The molecule has 1 aromatic carbocycles. The van der Waals surface area contributed by atoms with Crippen LogP contribution in [0.2, 0.25) is 0 Å². The molecule has 4 rings (SSSR count). The van der Waals surface area contributed by atoms with E-state index in [2.05, 4.69) is 10.4 Å². The summed E-state index contributed by atoms with van der Waals surface area (Å²) in [5.41, 5.74) is 0.834. The van der Waals surface area contributed by atoms with E-state index in [9.17, 15) is 18.8 Å². The highest BCUT2D eigenvalue weighted by Crippen LogP contribution is 2.26. The van der Waals surface area contributed by atoms with Gasteiger partial charge >= 0.3 is 0 Å². The van der Waals surface area contributed by atoms with Crippen LogP contribution in [0.3, 0.4) is 0 Å². The van der Waals surface area contributed by atoms with Gasteiger partial charge in [0.25, 0.3) is 11.8 Å². The Bertz CT molecular complexity index is 941. The summed E-state index contributed by atoms with van der Waals surface area (Å²) in [6.45, 7) is 1.57. The molecule has 1 atom stereocenters. The number of rotatable bonds is 2. The molecule has 27 heavy (non-hydrogen) atoms. The Morgan fingerprint density at radius 1 is 1.22 bits per heavy atom. The minimum atomic E-state index is -0.945. The minimum absolute atomic E-state index is 0.102. The number of hydrogen-bond acceptors (Lipinski definition) is 4. The molecule has 3 heterocycles. The van der Waals surface area contributed by atoms with E-state index in [0.29, 0.717) is 30.9 Å². The monoisotopic (exact) mass is 371 g/mol. The Kier molecular flexibility index (Phi) is 4.14. The predicted octanol–water partition coefficient (Wildman–Crippen LogP) is 0.421. The molecular weight excluding hydrogens is 353 g/mol. The van der Waals surface area contributed by atoms with Crippen LogP contribution in [0, 0.1) is 5.82 Å². The maximum atomic E-state index is 13.6. The molecular formula is C18H18FN5O3. The first-order valence-electron chi connectivity index (χ1n) is 8.63. The van der Waals surface area contributed by atoms with Crippen LogP contribution >= 0.6 is 0 Å². The predicted molar refractivity (Wildman–Crippen MR) is 92.4 cm³/mol. The van der Waals surface area contributed by atoms with Gasteiger partial charge in [-0.05, 0) is 17.7 Å². The zero-order valence-electron chi connectivity index (χ0n) is 14.7. The summed E-state index contributed by atoms with van der Waals surface area (Å²) in [6, 6.07) is 6.14. The number of nitrogens with zero attached hydrogens (tertiary/aromatic N) is 4. The van der Waals surface area contributed by atoms with Crippen molar-refractivity contribution in [3.05, 3.63) is 53.1 Å². The molecule has 1 aromatic heterocycles. The fraction of sp³-hybridized carbons (Fsp3) is 0.333. The summed E-state index contributed by atoms with van der Waals surface area (Å²) >= 11 is 0. The number of carbonyl (C=O) groups is 3. The van der Waals surface area contributed by atoms with Gasteiger partial charge in [0.05, 0.1) is 6.54 Å². The minimum Gasteiger partial charge on any atom is -0.352 e. The molecule has 0 aliphatic carbocycles. The van der Waals surface area contributed by atoms with E-state index in [4.69, 9.17) is 0 Å². The van der Waals surface area contributed by atoms with Crippen LogP contribution < -0.4 is 5.32 Å². The smallest absolute Gasteiger partial charge is 0.275 e. The van der Waals surface area contributed by atoms with Crippen LogP contribution in [0.15, 0.2) is 30.3 Å². The maximum Gasteiger partial charge on any atom is 0.275 e. The van der Waals surface area contributed by atoms with Gasteiger partial charge in [-0.3, -0.25) is 19.1 Å². The molecule has 1 N–H and O–H groups in total. The van der Waals surface area contributed by atoms with Gasteiger partial charge in [0.2, 0.25) is 5.91 Å². The van der Waals surface area contributed by atoms with E-state index in [1.165, 1.54) is 33.8 Å². The van der Waals surface area contributed by atoms with Crippen molar-refractivity contribution in [1.82, 2.24) is 24.9 Å². The van der Waals surface area contributed by atoms with E-state index in [1.807, 2.05) is 0 Å². The zero-order valence-corrected chi connectivity index (χ0v) is 14.7. The van der Waals surface area contributed by atoms with Gasteiger partial charge in [0.15, 0.2) is 5.69 Å². The highest BCUT2D eigenvalue weighted by Gasteiger charge is 2.37. The molecule has 1 saturated heterocycles. The maximum absolute atomic E-state index is 13.6. The Hall–Kier alpha value is -3.23. The van der Waals surface area contributed by atoms with Gasteiger partial charge in [-0.2, -0.15) is 5.10 Å². The molecule has 1 unspecified atom stereocenters. The van der Waals surface area contributed by atoms with E-state index in [0.717, 1.165) is 0 Å². The van der Waals surface area contributed by atoms with Gasteiger partial charge in [-0.25, -0.2) is 4.39 Å². The van der Waals surface area contributed by atoms with E-state index < -0.39 is 17.8 Å². The Morgan fingerprint density at radius 2 is 2.04 bits per heavy atom. The topological polar surface area (TPSA) is 87.5 Å². The second-order valence-electron chi connectivity index (χ2n) is 6.61. The van der Waals surface area contributed by atoms with E-state index in [1.54, 1.807) is 18.0 Å². The summed E-state index contributed by atoms with van der Waals surface area (Å²) in [5.74, 6) is -1.52. The van der Waals surface area contributed by atoms with Gasteiger partial charge in [0.1, 0.15) is 17.6 Å². The van der Waals surface area contributed by atoms with E-state index in [-0.39, 0.29) is 24.1 Å². The first kappa shape index (κ1) is 17.2. The molecule has 9 heteroatoms. The highest BCUT2D eigenvalue weighted by atomic mass is 19.1. The molecule has 1 fully saturated rings. The molecule has 0 bridgehead atoms. The average Bonchev–Trinajstić information content (AvgIpc) is 3.09. The van der Waals surface area contributed by atoms with Gasteiger partial charge in [-0.1, -0.05) is 12.1 Å². The lowest BCUT2D eigenvalue weighted by Gasteiger charge is -2.34. The number of fused-ring (bicyclic) bond motifs is 1. The lowest BCUT2D eigenvalue weighted by atomic mass is 10.0. The number of carbonyl (C=O) groups excluding carboxylic acids is 3. The molecule has 0 radical (unpaired) electrons. The van der Waals surface area contributed by atoms with Gasteiger partial charge in [-0.15, -0.1) is 0 Å². The van der Waals surface area contributed by atoms with E-state index >= 15 is 0 Å². The number of hydrogen-bond donors (Lipinski definition) is 1. The fourth-order valence-corrected chi connectivity index (χ4v) is 3.45. The second-order valence-corrected chi connectivity index (χ2v) is 6.61. The largest absolute Gasteiger partial charge is 0.352 e. The van der Waals surface area contributed by atoms with Crippen LogP contribution in [-0.4, -0.2) is 64.0 Å². The normalized spacial score (nSPS) is 19.7. The van der Waals surface area contributed by atoms with Crippen molar-refractivity contribution in [3.63, 3.8) is 0 Å². The summed E-state index contributed by atoms with van der Waals surface area (Å²) < 4.78 is 15.2. The SMILES string of the molecule is CN1CCn2nc(C(=O)N3CCNC(=O)C3c3cccc(F)c3)cc2C1=O. The average molecular weight is 371 g/mol. The van der Waals surface area contributed by atoms with Crippen molar-refractivity contribution < 1.29 is 18.8 Å². The Labute approximate surface area is 154 Å². The van der Waals surface area contributed by atoms with Crippen LogP contribution in [-0.2, 0) is 11.3 Å². The zero-order chi connectivity index (χ0) is 19.1. The van der Waals surface area contributed by atoms with Gasteiger partial charge in [0, 0.05) is 32.7 Å². The van der Waals surface area contributed by atoms with Crippen molar-refractivity contribution in [1.29, 1.82) is 0 Å². The standard InChI is InChI=1S/C18H18FN5O3/c1-22-7-8-24-14(18(22)27)10-13(21-24)17(26)23-6-5-20-16(25)15(23)11-3-2-4-12(19)9-11/h2-4,9-10,15H,5-8H2,1H3,(H,20,25). The lowest BCUT2D eigenvalue weighted by molar-refractivity contribution is -0.128. The summed E-state index contributed by atoms with van der Waals surface area (Å²) in [6.07, 6.45) is 0. The summed E-state index contributed by atoms with van der Waals surface area (Å²) in [5, 5.41) is 6.96. The molecule has 2 aromatic rings. The van der Waals surface area contributed by atoms with Crippen molar-refractivity contribution in [2.45, 2.75) is 12.6 Å². The lowest BCUT2D eigenvalue weighted by Crippen LogP contribution is -2.52. The number of amides is 3. The van der Waals surface area contributed by atoms with Crippen LogP contribution in [0.4, 0.5) is 4.39 Å². The van der Waals surface area contributed by atoms with Crippen molar-refractivity contribution in [2.24, 2.45) is 0 Å². The highest BCUT2D eigenvalue weighted by molar-refractivity contribution is 6.00. The molecule has 2 aliphatic rings. The quantitative estimate of drug-likeness (QED) is 0.829. The third kappa shape index (κ3) is 2.94. The van der Waals surface area contributed by atoms with Crippen LogP contribution in [0.25, 0.3) is 0 Å². The molecule has 140 valence electrons. The Morgan fingerprint density at radius 3 is 2.81 bits per heavy atom. The van der Waals surface area contributed by atoms with Crippen molar-refractivity contribution in [2.75, 3.05) is 26.7 Å². The first-order chi connectivity index (χ1) is 13.0. The van der Waals surface area contributed by atoms with Crippen molar-refractivity contribution >= 4 is 17.7 Å². The molecule has 0 saturated carbocycles. The number of likely N-dealkylation sites (N-methyl/N-ethyl adjacent to an activating group) is 1. The Balaban J connectivity index is 1.68. The number of aromatic nitrogens is 2. The van der Waals surface area contributed by atoms with Crippen molar-refractivity contribution in [3.8, 4) is 0 Å². The van der Waals surface area contributed by atoms with Gasteiger partial charge < -0.3 is 15.1 Å². The fourth-order valence-electron chi connectivity index (χ4n) is 3.45. The third-order valence-electron chi connectivity index (χ3n) is 4.85. The first-order valence-corrected chi connectivity index (χ1v) is 8.63. The second kappa shape index (κ2) is 6.49. The molecule has 0 spiro atoms. The third-order valence-corrected chi connectivity index (χ3v) is 4.85. The number of piperazine rings is 1. The summed E-state index contributed by atoms with van der Waals surface area (Å²) in [7, 11) is 1.69. The van der Waals surface area contributed by atoms with Crippen LogP contribution in [0.1, 0.15) is 32.6 Å².